The van der Waals surface area contributed by atoms with Crippen LogP contribution in [0.2, 0.25) is 10.3 Å². The summed E-state index contributed by atoms with van der Waals surface area (Å²) in [6, 6.07) is 0. The largest absolute Gasteiger partial charge is 0.469 e. The van der Waals surface area contributed by atoms with Gasteiger partial charge in [0.25, 0.3) is 5.91 Å². The maximum atomic E-state index is 13.3. The lowest BCUT2D eigenvalue weighted by molar-refractivity contribution is -0.142. The van der Waals surface area contributed by atoms with Crippen molar-refractivity contribution < 1.29 is 19.4 Å². The topological polar surface area (TPSA) is 92.6 Å². The Kier molecular flexibility index (Phi) is 9.61. The van der Waals surface area contributed by atoms with Gasteiger partial charge in [0, 0.05) is 18.7 Å². The van der Waals surface area contributed by atoms with Crippen LogP contribution in [0.3, 0.4) is 0 Å². The first-order valence-electron chi connectivity index (χ1n) is 11.0. The van der Waals surface area contributed by atoms with Gasteiger partial charge in [0.2, 0.25) is 0 Å². The van der Waals surface area contributed by atoms with Crippen molar-refractivity contribution in [1.29, 1.82) is 0 Å². The number of aromatic nitrogens is 2. The highest BCUT2D eigenvalue weighted by Gasteiger charge is 2.30. The minimum absolute atomic E-state index is 0.00531. The van der Waals surface area contributed by atoms with Crippen LogP contribution in [0.25, 0.3) is 0 Å². The third-order valence-corrected chi connectivity index (χ3v) is 7.47. The second-order valence-electron chi connectivity index (χ2n) is 8.30. The maximum Gasteiger partial charge on any atom is 0.305 e. The number of carbonyl (C=O) groups is 2. The lowest BCUT2D eigenvalue weighted by atomic mass is 9.73. The number of amides is 1. The van der Waals surface area contributed by atoms with Gasteiger partial charge in [0.1, 0.15) is 15.9 Å². The van der Waals surface area contributed by atoms with Crippen molar-refractivity contribution in [3.63, 3.8) is 0 Å². The molecule has 1 amide bonds. The smallest absolute Gasteiger partial charge is 0.305 e. The van der Waals surface area contributed by atoms with E-state index in [0.29, 0.717) is 35.0 Å². The molecule has 7 nitrogen and oxygen atoms in total. The van der Waals surface area contributed by atoms with E-state index >= 15 is 0 Å². The fourth-order valence-electron chi connectivity index (χ4n) is 4.56. The molecule has 1 aromatic heterocycles. The van der Waals surface area contributed by atoms with Crippen LogP contribution < -0.4 is 0 Å². The molecule has 1 saturated carbocycles. The highest BCUT2D eigenvalue weighted by Crippen LogP contribution is 2.39. The van der Waals surface area contributed by atoms with Gasteiger partial charge >= 0.3 is 5.97 Å². The van der Waals surface area contributed by atoms with Gasteiger partial charge in [-0.15, -0.1) is 0 Å². The first-order chi connectivity index (χ1) is 15.9. The molecule has 1 fully saturated rings. The predicted molar refractivity (Wildman–Crippen MR) is 129 cm³/mol. The molecule has 0 radical (unpaired) electrons. The number of halogens is 2. The third kappa shape index (κ3) is 6.50. The number of rotatable bonds is 8. The summed E-state index contributed by atoms with van der Waals surface area (Å²) in [4.78, 5) is 34.5. The molecule has 180 valence electrons. The minimum atomic E-state index is -0.440. The second-order valence-corrected chi connectivity index (χ2v) is 9.79. The van der Waals surface area contributed by atoms with Crippen LogP contribution in [0.4, 0.5) is 0 Å². The van der Waals surface area contributed by atoms with Crippen LogP contribution in [0.15, 0.2) is 29.1 Å². The number of hydrogen-bond acceptors (Lipinski definition) is 7. The Balaban J connectivity index is 1.66. The van der Waals surface area contributed by atoms with Crippen LogP contribution in [0.1, 0.15) is 48.9 Å². The van der Waals surface area contributed by atoms with E-state index in [1.54, 1.807) is 6.26 Å². The van der Waals surface area contributed by atoms with Crippen molar-refractivity contribution in [1.82, 2.24) is 14.9 Å². The Labute approximate surface area is 208 Å². The number of hydrogen-bond donors (Lipinski definition) is 1. The van der Waals surface area contributed by atoms with Crippen LogP contribution in [0, 0.1) is 17.8 Å². The van der Waals surface area contributed by atoms with E-state index in [1.165, 1.54) is 23.8 Å². The number of esters is 1. The first kappa shape index (κ1) is 26.0. The molecule has 1 N–H and O–H groups in total. The highest BCUT2D eigenvalue weighted by atomic mass is 35.5. The molecule has 3 rings (SSSR count). The minimum Gasteiger partial charge on any atom is -0.469 e. The lowest BCUT2D eigenvalue weighted by Crippen LogP contribution is -2.34. The molecule has 1 aromatic rings. The zero-order valence-corrected chi connectivity index (χ0v) is 21.1. The number of ether oxygens (including phenoxy) is 1. The lowest BCUT2D eigenvalue weighted by Gasteiger charge is -2.34. The summed E-state index contributed by atoms with van der Waals surface area (Å²) in [5.41, 5.74) is 0.732. The Morgan fingerprint density at radius 2 is 1.88 bits per heavy atom. The number of carbonyl (C=O) groups excluding carboxylic acids is 2. The summed E-state index contributed by atoms with van der Waals surface area (Å²) in [5.74, 6) is 0.760. The van der Waals surface area contributed by atoms with Gasteiger partial charge in [-0.05, 0) is 62.2 Å². The van der Waals surface area contributed by atoms with Crippen molar-refractivity contribution in [3.8, 4) is 0 Å². The average molecular weight is 514 g/mol. The molecular weight excluding hydrogens is 485 g/mol. The quantitative estimate of drug-likeness (QED) is 0.231. The zero-order chi connectivity index (χ0) is 24.0. The highest BCUT2D eigenvalue weighted by molar-refractivity contribution is 7.98. The predicted octanol–water partition coefficient (Wildman–Crippen LogP) is 4.77. The van der Waals surface area contributed by atoms with Gasteiger partial charge in [0.15, 0.2) is 5.16 Å². The molecule has 33 heavy (non-hydrogen) atoms. The van der Waals surface area contributed by atoms with Crippen LogP contribution in [-0.2, 0) is 9.53 Å². The molecule has 0 aliphatic heterocycles. The Morgan fingerprint density at radius 1 is 1.21 bits per heavy atom. The fraction of sp³-hybridized carbons (Fsp3) is 0.565. The summed E-state index contributed by atoms with van der Waals surface area (Å²) in [5, 5.41) is 9.94. The summed E-state index contributed by atoms with van der Waals surface area (Å²) in [7, 11) is 1.43. The van der Waals surface area contributed by atoms with Crippen molar-refractivity contribution in [2.75, 3.05) is 26.5 Å². The molecule has 1 atom stereocenters. The fourth-order valence-corrected chi connectivity index (χ4v) is 5.57. The molecule has 10 heteroatoms. The summed E-state index contributed by atoms with van der Waals surface area (Å²) in [6.07, 6.45) is 13.4. The van der Waals surface area contributed by atoms with Gasteiger partial charge in [-0.3, -0.25) is 9.59 Å². The van der Waals surface area contributed by atoms with Crippen molar-refractivity contribution in [2.45, 2.75) is 43.7 Å². The molecular formula is C23H29Cl2N3O4S. The van der Waals surface area contributed by atoms with E-state index in [4.69, 9.17) is 27.9 Å². The van der Waals surface area contributed by atoms with Gasteiger partial charge in [-0.2, -0.15) is 0 Å². The second kappa shape index (κ2) is 12.2. The van der Waals surface area contributed by atoms with Crippen LogP contribution in [-0.4, -0.2) is 58.4 Å². The molecule has 2 aliphatic rings. The molecule has 1 unspecified atom stereocenters. The van der Waals surface area contributed by atoms with Gasteiger partial charge in [-0.25, -0.2) is 9.97 Å². The number of aliphatic hydroxyl groups excluding tert-OH is 1. The van der Waals surface area contributed by atoms with Crippen LogP contribution >= 0.6 is 35.0 Å². The first-order valence-corrected chi connectivity index (χ1v) is 13.0. The van der Waals surface area contributed by atoms with E-state index < -0.39 is 5.91 Å². The maximum absolute atomic E-state index is 13.3. The Bertz CT molecular complexity index is 909. The van der Waals surface area contributed by atoms with E-state index in [-0.39, 0.29) is 35.0 Å². The summed E-state index contributed by atoms with van der Waals surface area (Å²) in [6.45, 7) is -0.0984. The molecule has 0 saturated heterocycles. The summed E-state index contributed by atoms with van der Waals surface area (Å²) < 4.78 is 4.79. The Morgan fingerprint density at radius 3 is 2.39 bits per heavy atom. The molecule has 0 bridgehead atoms. The van der Waals surface area contributed by atoms with Crippen molar-refractivity contribution in [2.24, 2.45) is 17.8 Å². The third-order valence-electron chi connectivity index (χ3n) is 6.37. The SMILES string of the molecule is COC(=O)C[C@H]1CC[C@H](C2C=CC(N(CCO)C(=O)c3c(Cl)nc(SC)nc3Cl)=CC2)CC1. The van der Waals surface area contributed by atoms with Crippen molar-refractivity contribution in [3.05, 3.63) is 39.8 Å². The van der Waals surface area contributed by atoms with E-state index in [9.17, 15) is 14.7 Å². The number of allylic oxidation sites excluding steroid dienone is 3. The number of aliphatic hydroxyl groups is 1. The normalized spacial score (nSPS) is 22.6. The molecule has 2 aliphatic carbocycles. The van der Waals surface area contributed by atoms with E-state index in [1.807, 2.05) is 12.2 Å². The van der Waals surface area contributed by atoms with E-state index in [0.717, 1.165) is 32.1 Å². The number of thioether (sulfide) groups is 1. The molecule has 1 heterocycles. The zero-order valence-electron chi connectivity index (χ0n) is 18.8. The monoisotopic (exact) mass is 513 g/mol. The summed E-state index contributed by atoms with van der Waals surface area (Å²) >= 11 is 13.8. The molecule has 0 spiro atoms. The van der Waals surface area contributed by atoms with E-state index in [2.05, 4.69) is 16.0 Å². The standard InChI is InChI=1S/C23H29Cl2N3O4S/c1-32-18(30)13-14-3-5-15(6-4-14)16-7-9-17(10-8-16)28(11-12-29)22(31)19-20(24)26-23(33-2)27-21(19)25/h7,9-10,14-16,29H,3-6,8,11-13H2,1-2H3/t14-,15-,16?. The number of methoxy groups -OCH3 is 1. The Hall–Kier alpha value is -1.61. The van der Waals surface area contributed by atoms with Gasteiger partial charge < -0.3 is 14.7 Å². The van der Waals surface area contributed by atoms with Gasteiger partial charge in [-0.1, -0.05) is 47.1 Å². The van der Waals surface area contributed by atoms with Crippen molar-refractivity contribution >= 4 is 46.8 Å². The number of nitrogens with zero attached hydrogens (tertiary/aromatic N) is 3. The van der Waals surface area contributed by atoms with Crippen LogP contribution in [0.5, 0.6) is 0 Å². The average Bonchev–Trinajstić information content (AvgIpc) is 2.82. The van der Waals surface area contributed by atoms with Gasteiger partial charge in [0.05, 0.1) is 13.7 Å². The molecule has 0 aromatic carbocycles.